The van der Waals surface area contributed by atoms with Crippen molar-refractivity contribution in [2.24, 2.45) is 0 Å². The van der Waals surface area contributed by atoms with E-state index < -0.39 is 0 Å². The molecule has 0 saturated carbocycles. The molecule has 0 unspecified atom stereocenters. The van der Waals surface area contributed by atoms with E-state index >= 15 is 0 Å². The lowest BCUT2D eigenvalue weighted by molar-refractivity contribution is 0.562. The lowest BCUT2D eigenvalue weighted by atomic mass is 10.4. The first-order valence-electron chi connectivity index (χ1n) is 2.06. The molecule has 1 aromatic heterocycles. The molecule has 0 spiro atoms. The van der Waals surface area contributed by atoms with Gasteiger partial charge in [0.05, 0.1) is 5.56 Å². The van der Waals surface area contributed by atoms with E-state index in [0.717, 1.165) is 0 Å². The van der Waals surface area contributed by atoms with Gasteiger partial charge in [0.2, 0.25) is 6.29 Å². The Morgan fingerprint density at radius 3 is 2.38 bits per heavy atom. The number of rotatable bonds is 1. The Bertz CT molecular complexity index is 173. The summed E-state index contributed by atoms with van der Waals surface area (Å²) >= 11 is 0. The van der Waals surface area contributed by atoms with Crippen molar-refractivity contribution >= 4 is 6.29 Å². The molecule has 0 bridgehead atoms. The Hall–Kier alpha value is -1.25. The molecule has 1 radical (unpaired) electrons. The summed E-state index contributed by atoms with van der Waals surface area (Å²) in [7, 11) is 0. The second-order valence-corrected chi connectivity index (χ2v) is 1.23. The molecule has 0 aromatic carbocycles. The minimum Gasteiger partial charge on any atom is -0.285 e. The van der Waals surface area contributed by atoms with E-state index in [0.29, 0.717) is 5.56 Å². The number of carbonyl (C=O) groups excluding carboxylic acids is 1. The Morgan fingerprint density at radius 1 is 1.38 bits per heavy atom. The minimum absolute atomic E-state index is 0.382. The zero-order valence-corrected chi connectivity index (χ0v) is 4.03. The van der Waals surface area contributed by atoms with Crippen molar-refractivity contribution < 1.29 is 4.79 Å². The van der Waals surface area contributed by atoms with Gasteiger partial charge in [-0.1, -0.05) is 0 Å². The Kier molecular flexibility index (Phi) is 1.32. The highest BCUT2D eigenvalue weighted by atomic mass is 16.1. The van der Waals surface area contributed by atoms with Gasteiger partial charge in [-0.15, -0.1) is 0 Å². The molecular formula is C5H3N2O. The third-order valence-electron chi connectivity index (χ3n) is 0.678. The van der Waals surface area contributed by atoms with Crippen LogP contribution in [-0.2, 0) is 4.79 Å². The first-order valence-corrected chi connectivity index (χ1v) is 2.06. The van der Waals surface area contributed by atoms with Gasteiger partial charge in [-0.3, -0.25) is 4.79 Å². The quantitative estimate of drug-likeness (QED) is 0.504. The Labute approximate surface area is 46.4 Å². The lowest BCUT2D eigenvalue weighted by Crippen LogP contribution is -1.82. The van der Waals surface area contributed by atoms with Crippen LogP contribution < -0.4 is 0 Å². The predicted octanol–water partition coefficient (Wildman–Crippen LogP) is -0.0656. The van der Waals surface area contributed by atoms with Gasteiger partial charge in [0.15, 0.2) is 0 Å². The zero-order valence-electron chi connectivity index (χ0n) is 4.03. The van der Waals surface area contributed by atoms with Gasteiger partial charge < -0.3 is 0 Å². The molecule has 8 heavy (non-hydrogen) atoms. The molecule has 0 aliphatic carbocycles. The molecule has 0 saturated heterocycles. The fourth-order valence-corrected chi connectivity index (χ4v) is 0.352. The van der Waals surface area contributed by atoms with Crippen molar-refractivity contribution in [1.82, 2.24) is 9.97 Å². The van der Waals surface area contributed by atoms with E-state index in [2.05, 4.69) is 9.97 Å². The van der Waals surface area contributed by atoms with Gasteiger partial charge in [-0.05, 0) is 0 Å². The summed E-state index contributed by atoms with van der Waals surface area (Å²) < 4.78 is 0. The molecular weight excluding hydrogens is 104 g/mol. The van der Waals surface area contributed by atoms with Crippen molar-refractivity contribution in [2.75, 3.05) is 0 Å². The van der Waals surface area contributed by atoms with Crippen molar-refractivity contribution in [3.8, 4) is 0 Å². The second-order valence-electron chi connectivity index (χ2n) is 1.23. The number of hydrogen-bond acceptors (Lipinski definition) is 3. The third kappa shape index (κ3) is 0.872. The number of nitrogens with zero attached hydrogens (tertiary/aromatic N) is 2. The van der Waals surface area contributed by atoms with Crippen LogP contribution in [0.25, 0.3) is 0 Å². The monoisotopic (exact) mass is 107 g/mol. The van der Waals surface area contributed by atoms with E-state index in [1.54, 1.807) is 6.29 Å². The Morgan fingerprint density at radius 2 is 2.00 bits per heavy atom. The molecule has 1 aromatic rings. The summed E-state index contributed by atoms with van der Waals surface area (Å²) in [5.74, 6) is 0. The molecule has 1 rings (SSSR count). The summed E-state index contributed by atoms with van der Waals surface area (Å²) in [5, 5.41) is 0. The van der Waals surface area contributed by atoms with Crippen LogP contribution in [0.1, 0.15) is 5.56 Å². The van der Waals surface area contributed by atoms with Gasteiger partial charge in [-0.25, -0.2) is 9.97 Å². The fourth-order valence-electron chi connectivity index (χ4n) is 0.352. The van der Waals surface area contributed by atoms with Crippen LogP contribution in [0, 0.1) is 0 Å². The molecule has 1 heterocycles. The standard InChI is InChI=1S/C5H3N2O/c8-3-5-1-6-4-7-2-5/h1-2,4H. The minimum atomic E-state index is 0.382. The van der Waals surface area contributed by atoms with E-state index in [4.69, 9.17) is 0 Å². The summed E-state index contributed by atoms with van der Waals surface area (Å²) in [4.78, 5) is 17.0. The van der Waals surface area contributed by atoms with Crippen LogP contribution in [0.4, 0.5) is 0 Å². The maximum absolute atomic E-state index is 9.80. The van der Waals surface area contributed by atoms with E-state index in [1.807, 2.05) is 0 Å². The SMILES string of the molecule is O=[C]c1cncnc1. The molecule has 0 aliphatic heterocycles. The normalized spacial score (nSPS) is 8.50. The van der Waals surface area contributed by atoms with Crippen molar-refractivity contribution in [1.29, 1.82) is 0 Å². The molecule has 0 aliphatic rings. The van der Waals surface area contributed by atoms with Crippen LogP contribution in [0.15, 0.2) is 18.7 Å². The van der Waals surface area contributed by atoms with Crippen molar-refractivity contribution in [3.05, 3.63) is 24.3 Å². The average molecular weight is 107 g/mol. The summed E-state index contributed by atoms with van der Waals surface area (Å²) in [6, 6.07) is 0. The summed E-state index contributed by atoms with van der Waals surface area (Å²) in [6.07, 6.45) is 5.82. The van der Waals surface area contributed by atoms with Gasteiger partial charge in [0, 0.05) is 12.4 Å². The van der Waals surface area contributed by atoms with Crippen LogP contribution >= 0.6 is 0 Å². The maximum atomic E-state index is 9.80. The van der Waals surface area contributed by atoms with Crippen LogP contribution in [0.2, 0.25) is 0 Å². The predicted molar refractivity (Wildman–Crippen MR) is 26.8 cm³/mol. The molecule has 0 amide bonds. The van der Waals surface area contributed by atoms with Crippen LogP contribution in [0.5, 0.6) is 0 Å². The smallest absolute Gasteiger partial charge is 0.236 e. The summed E-state index contributed by atoms with van der Waals surface area (Å²) in [6.45, 7) is 0. The van der Waals surface area contributed by atoms with Gasteiger partial charge in [0.25, 0.3) is 0 Å². The topological polar surface area (TPSA) is 42.9 Å². The highest BCUT2D eigenvalue weighted by Crippen LogP contribution is 1.83. The van der Waals surface area contributed by atoms with Gasteiger partial charge in [0.1, 0.15) is 6.33 Å². The third-order valence-corrected chi connectivity index (χ3v) is 0.678. The molecule has 0 N–H and O–H groups in total. The fraction of sp³-hybridized carbons (Fsp3) is 0. The van der Waals surface area contributed by atoms with Crippen molar-refractivity contribution in [2.45, 2.75) is 0 Å². The highest BCUT2D eigenvalue weighted by Gasteiger charge is 1.84. The summed E-state index contributed by atoms with van der Waals surface area (Å²) in [5.41, 5.74) is 0.382. The number of hydrogen-bond donors (Lipinski definition) is 0. The molecule has 39 valence electrons. The van der Waals surface area contributed by atoms with Gasteiger partial charge >= 0.3 is 0 Å². The van der Waals surface area contributed by atoms with Gasteiger partial charge in [-0.2, -0.15) is 0 Å². The molecule has 3 nitrogen and oxygen atoms in total. The molecule has 0 fully saturated rings. The molecule has 0 atom stereocenters. The maximum Gasteiger partial charge on any atom is 0.236 e. The first-order chi connectivity index (χ1) is 3.93. The largest absolute Gasteiger partial charge is 0.285 e. The van der Waals surface area contributed by atoms with Crippen LogP contribution in [-0.4, -0.2) is 16.3 Å². The average Bonchev–Trinajstić information content (AvgIpc) is 1.90. The molecule has 3 heteroatoms. The van der Waals surface area contributed by atoms with E-state index in [1.165, 1.54) is 18.7 Å². The van der Waals surface area contributed by atoms with Crippen LogP contribution in [0.3, 0.4) is 0 Å². The lowest BCUT2D eigenvalue weighted by Gasteiger charge is -1.79. The first kappa shape index (κ1) is 4.90. The van der Waals surface area contributed by atoms with E-state index in [9.17, 15) is 4.79 Å². The number of aromatic nitrogens is 2. The van der Waals surface area contributed by atoms with Crippen molar-refractivity contribution in [3.63, 3.8) is 0 Å². The zero-order chi connectivity index (χ0) is 5.82. The Balaban J connectivity index is 2.99. The van der Waals surface area contributed by atoms with E-state index in [-0.39, 0.29) is 0 Å². The second kappa shape index (κ2) is 2.16. The highest BCUT2D eigenvalue weighted by molar-refractivity contribution is 5.73.